The second-order valence-electron chi connectivity index (χ2n) is 17.2. The van der Waals surface area contributed by atoms with Gasteiger partial charge in [0.15, 0.2) is 0 Å². The third kappa shape index (κ3) is 5.70. The van der Waals surface area contributed by atoms with Gasteiger partial charge in [0.2, 0.25) is 0 Å². The molecule has 2 nitrogen and oxygen atoms in total. The largest absolute Gasteiger partial charge is 0.455 e. The van der Waals surface area contributed by atoms with Crippen LogP contribution in [0.4, 0.5) is 17.1 Å². The van der Waals surface area contributed by atoms with Crippen molar-refractivity contribution in [1.82, 2.24) is 0 Å². The molecule has 1 atom stereocenters. The molecule has 1 heterocycles. The molecule has 10 aromatic rings. The highest BCUT2D eigenvalue weighted by molar-refractivity contribution is 6.20. The zero-order valence-electron chi connectivity index (χ0n) is 34.3. The molecule has 61 heavy (non-hydrogen) atoms. The van der Waals surface area contributed by atoms with Gasteiger partial charge in [0.1, 0.15) is 11.2 Å². The van der Waals surface area contributed by atoms with Crippen molar-refractivity contribution in [2.45, 2.75) is 31.6 Å². The maximum atomic E-state index is 6.98. The van der Waals surface area contributed by atoms with Crippen LogP contribution in [0, 0.1) is 0 Å². The second kappa shape index (κ2) is 13.8. The molecule has 0 amide bonds. The van der Waals surface area contributed by atoms with Crippen LogP contribution in [-0.2, 0) is 11.8 Å². The summed E-state index contributed by atoms with van der Waals surface area (Å²) in [6.45, 7) is 4.68. The van der Waals surface area contributed by atoms with Crippen LogP contribution in [0.15, 0.2) is 205 Å². The van der Waals surface area contributed by atoms with Crippen LogP contribution in [0.2, 0.25) is 0 Å². The van der Waals surface area contributed by atoms with Gasteiger partial charge in [0.05, 0.1) is 0 Å². The first-order chi connectivity index (χ1) is 30.0. The fourth-order valence-electron chi connectivity index (χ4n) is 10.3. The number of rotatable bonds is 6. The molecule has 2 aliphatic carbocycles. The van der Waals surface area contributed by atoms with Crippen LogP contribution in [0.1, 0.15) is 47.6 Å². The van der Waals surface area contributed by atoms with Gasteiger partial charge in [-0.15, -0.1) is 0 Å². The summed E-state index contributed by atoms with van der Waals surface area (Å²) in [5, 5.41) is 4.56. The maximum absolute atomic E-state index is 6.98. The molecule has 290 valence electrons. The molecule has 2 aliphatic rings. The molecular weight excluding hydrogens is 739 g/mol. The highest BCUT2D eigenvalue weighted by atomic mass is 16.3. The number of fused-ring (bicyclic) bond motifs is 9. The Hall–Kier alpha value is -7.42. The Kier molecular flexibility index (Phi) is 8.05. The Labute approximate surface area is 356 Å². The summed E-state index contributed by atoms with van der Waals surface area (Å²) in [6, 6.07) is 71.0. The van der Waals surface area contributed by atoms with E-state index < -0.39 is 0 Å². The van der Waals surface area contributed by atoms with E-state index in [2.05, 4.69) is 225 Å². The second-order valence-corrected chi connectivity index (χ2v) is 17.2. The Bertz CT molecular complexity index is 3350. The lowest BCUT2D eigenvalue weighted by Crippen LogP contribution is -2.14. The van der Waals surface area contributed by atoms with Crippen LogP contribution in [0.5, 0.6) is 0 Å². The summed E-state index contributed by atoms with van der Waals surface area (Å²) >= 11 is 0. The molecule has 0 fully saturated rings. The molecular formula is C59H43NO. The normalized spacial score (nSPS) is 14.9. The number of furan rings is 1. The van der Waals surface area contributed by atoms with E-state index in [-0.39, 0.29) is 5.41 Å². The summed E-state index contributed by atoms with van der Waals surface area (Å²) in [6.07, 6.45) is 5.65. The lowest BCUT2D eigenvalue weighted by Gasteiger charge is -2.26. The van der Waals surface area contributed by atoms with Crippen molar-refractivity contribution in [2.75, 3.05) is 4.90 Å². The van der Waals surface area contributed by atoms with Gasteiger partial charge in [0, 0.05) is 50.1 Å². The van der Waals surface area contributed by atoms with Crippen molar-refractivity contribution in [1.29, 1.82) is 0 Å². The number of nitrogens with zero attached hydrogens (tertiary/aromatic N) is 1. The summed E-state index contributed by atoms with van der Waals surface area (Å²) in [7, 11) is 0. The minimum Gasteiger partial charge on any atom is -0.455 e. The smallest absolute Gasteiger partial charge is 0.143 e. The topological polar surface area (TPSA) is 16.4 Å². The van der Waals surface area contributed by atoms with Crippen molar-refractivity contribution >= 4 is 55.8 Å². The molecule has 0 saturated heterocycles. The highest BCUT2D eigenvalue weighted by Gasteiger charge is 2.35. The van der Waals surface area contributed by atoms with Gasteiger partial charge in [-0.05, 0) is 116 Å². The standard InChI is InChI=1S/C59H43NO/c1-59(2)55-22-11-10-18-49(55)50-34-29-43(36-56(50)59)47-20-12-21-52-54-37-53(48-17-8-9-19-51(48)58(54)61-57(47)52)40-27-32-46(33-28-40)60(44-15-4-3-5-16-44)45-30-25-39(26-31-45)42-24-23-38-13-6-7-14-41(38)35-42/h3-34,36-37,42H,35H2,1-2H3. The minimum absolute atomic E-state index is 0.0759. The van der Waals surface area contributed by atoms with E-state index in [4.69, 9.17) is 4.42 Å². The zero-order chi connectivity index (χ0) is 40.7. The first-order valence-electron chi connectivity index (χ1n) is 21.4. The van der Waals surface area contributed by atoms with Crippen LogP contribution in [0.25, 0.3) is 72.2 Å². The van der Waals surface area contributed by atoms with E-state index in [1.807, 2.05) is 0 Å². The highest BCUT2D eigenvalue weighted by Crippen LogP contribution is 2.50. The van der Waals surface area contributed by atoms with Crippen molar-refractivity contribution in [3.05, 3.63) is 228 Å². The Balaban J connectivity index is 0.924. The molecule has 9 aromatic carbocycles. The summed E-state index contributed by atoms with van der Waals surface area (Å²) in [5.74, 6) is 0.365. The van der Waals surface area contributed by atoms with Gasteiger partial charge in [-0.3, -0.25) is 0 Å². The summed E-state index contributed by atoms with van der Waals surface area (Å²) in [4.78, 5) is 2.35. The van der Waals surface area contributed by atoms with Crippen LogP contribution < -0.4 is 4.90 Å². The number of allylic oxidation sites excluding steroid dienone is 1. The number of hydrogen-bond acceptors (Lipinski definition) is 2. The molecule has 1 aromatic heterocycles. The number of benzene rings is 9. The van der Waals surface area contributed by atoms with Gasteiger partial charge in [-0.25, -0.2) is 0 Å². The van der Waals surface area contributed by atoms with E-state index in [0.717, 1.165) is 56.4 Å². The van der Waals surface area contributed by atoms with Crippen molar-refractivity contribution in [2.24, 2.45) is 0 Å². The zero-order valence-corrected chi connectivity index (χ0v) is 34.3. The quantitative estimate of drug-likeness (QED) is 0.167. The van der Waals surface area contributed by atoms with Gasteiger partial charge < -0.3 is 9.32 Å². The molecule has 0 bridgehead atoms. The molecule has 2 heteroatoms. The maximum Gasteiger partial charge on any atom is 0.143 e. The average Bonchev–Trinajstić information content (AvgIpc) is 3.81. The van der Waals surface area contributed by atoms with Gasteiger partial charge in [-0.1, -0.05) is 172 Å². The fraction of sp³-hybridized carbons (Fsp3) is 0.0847. The monoisotopic (exact) mass is 781 g/mol. The first kappa shape index (κ1) is 35.5. The van der Waals surface area contributed by atoms with E-state index in [1.54, 1.807) is 0 Å². The Morgan fingerprint density at radius 1 is 0.459 bits per heavy atom. The lowest BCUT2D eigenvalue weighted by molar-refractivity contribution is 0.660. The molecule has 0 spiro atoms. The third-order valence-electron chi connectivity index (χ3n) is 13.4. The van der Waals surface area contributed by atoms with Crippen LogP contribution >= 0.6 is 0 Å². The van der Waals surface area contributed by atoms with Crippen molar-refractivity contribution in [3.63, 3.8) is 0 Å². The van der Waals surface area contributed by atoms with Crippen LogP contribution in [0.3, 0.4) is 0 Å². The molecule has 0 saturated carbocycles. The van der Waals surface area contributed by atoms with Crippen molar-refractivity contribution in [3.8, 4) is 33.4 Å². The van der Waals surface area contributed by atoms with E-state index >= 15 is 0 Å². The molecule has 0 N–H and O–H groups in total. The lowest BCUT2D eigenvalue weighted by atomic mass is 9.81. The Morgan fingerprint density at radius 2 is 1.08 bits per heavy atom. The van der Waals surface area contributed by atoms with Crippen molar-refractivity contribution < 1.29 is 4.42 Å². The fourth-order valence-corrected chi connectivity index (χ4v) is 10.3. The van der Waals surface area contributed by atoms with E-state index in [0.29, 0.717) is 5.92 Å². The number of para-hydroxylation sites is 2. The summed E-state index contributed by atoms with van der Waals surface area (Å²) < 4.78 is 6.98. The summed E-state index contributed by atoms with van der Waals surface area (Å²) in [5.41, 5.74) is 19.3. The van der Waals surface area contributed by atoms with E-state index in [1.165, 1.54) is 61.0 Å². The predicted molar refractivity (Wildman–Crippen MR) is 256 cm³/mol. The predicted octanol–water partition coefficient (Wildman–Crippen LogP) is 16.2. The first-order valence-corrected chi connectivity index (χ1v) is 21.4. The molecule has 12 rings (SSSR count). The molecule has 1 unspecified atom stereocenters. The van der Waals surface area contributed by atoms with E-state index in [9.17, 15) is 0 Å². The third-order valence-corrected chi connectivity index (χ3v) is 13.4. The SMILES string of the molecule is CC1(C)c2ccccc2-c2ccc(-c3cccc4c3oc3c5ccccc5c(-c5ccc(N(c6ccccc6)c6ccc(C7C=Cc8ccccc8C7)cc6)cc5)cc43)cc21. The Morgan fingerprint density at radius 3 is 1.92 bits per heavy atom. The average molecular weight is 782 g/mol. The van der Waals surface area contributed by atoms with Crippen LogP contribution in [-0.4, -0.2) is 0 Å². The van der Waals surface area contributed by atoms with Gasteiger partial charge >= 0.3 is 0 Å². The number of hydrogen-bond donors (Lipinski definition) is 0. The molecule has 0 aliphatic heterocycles. The van der Waals surface area contributed by atoms with Gasteiger partial charge in [0.25, 0.3) is 0 Å². The van der Waals surface area contributed by atoms with Gasteiger partial charge in [-0.2, -0.15) is 0 Å². The minimum atomic E-state index is -0.0759. The molecule has 0 radical (unpaired) electrons. The number of anilines is 3.